The van der Waals surface area contributed by atoms with Crippen LogP contribution in [0.3, 0.4) is 0 Å². The maximum atomic E-state index is 12.1. The van der Waals surface area contributed by atoms with E-state index in [-0.39, 0.29) is 12.8 Å². The van der Waals surface area contributed by atoms with Crippen molar-refractivity contribution in [1.29, 1.82) is 0 Å². The number of aliphatic carboxylic acids is 1. The number of carboxylic acids is 1. The van der Waals surface area contributed by atoms with Crippen molar-refractivity contribution in [2.24, 2.45) is 0 Å². The zero-order chi connectivity index (χ0) is 32.2. The van der Waals surface area contributed by atoms with E-state index in [0.717, 1.165) is 51.4 Å². The molecule has 0 radical (unpaired) electrons. The Bertz CT molecular complexity index is 767. The summed E-state index contributed by atoms with van der Waals surface area (Å²) >= 11 is 0. The Morgan fingerprint density at radius 2 is 1.07 bits per heavy atom. The van der Waals surface area contributed by atoms with Crippen LogP contribution in [0.1, 0.15) is 149 Å². The van der Waals surface area contributed by atoms with Gasteiger partial charge in [-0.25, -0.2) is 9.36 Å². The number of aliphatic hydroxyl groups is 1. The van der Waals surface area contributed by atoms with Crippen LogP contribution in [0.15, 0.2) is 0 Å². The second-order valence-corrected chi connectivity index (χ2v) is 12.8. The number of unbranched alkanes of at least 4 members (excludes halogenated alkanes) is 17. The van der Waals surface area contributed by atoms with Crippen LogP contribution >= 0.6 is 7.82 Å². The van der Waals surface area contributed by atoms with Crippen molar-refractivity contribution in [1.82, 2.24) is 5.32 Å². The van der Waals surface area contributed by atoms with Gasteiger partial charge in [0.1, 0.15) is 12.7 Å². The van der Waals surface area contributed by atoms with E-state index in [1.54, 1.807) is 0 Å². The van der Waals surface area contributed by atoms with Crippen LogP contribution in [-0.2, 0) is 32.7 Å². The zero-order valence-electron chi connectivity index (χ0n) is 26.8. The lowest BCUT2D eigenvalue weighted by molar-refractivity contribution is -0.147. The summed E-state index contributed by atoms with van der Waals surface area (Å²) < 4.78 is 26.5. The molecule has 0 rings (SSSR count). The predicted molar refractivity (Wildman–Crippen MR) is 167 cm³/mol. The molecule has 0 heterocycles. The fourth-order valence-electron chi connectivity index (χ4n) is 4.49. The van der Waals surface area contributed by atoms with Gasteiger partial charge in [0.25, 0.3) is 0 Å². The molecule has 1 amide bonds. The number of ether oxygens (including phenoxy) is 1. The second-order valence-electron chi connectivity index (χ2n) is 11.4. The highest BCUT2D eigenvalue weighted by molar-refractivity contribution is 7.47. The number of amides is 1. The lowest BCUT2D eigenvalue weighted by Crippen LogP contribution is -2.43. The summed E-state index contributed by atoms with van der Waals surface area (Å²) in [5, 5.41) is 21.5. The molecular weight excluding hydrogens is 577 g/mol. The summed E-state index contributed by atoms with van der Waals surface area (Å²) in [6.45, 7) is 2.47. The van der Waals surface area contributed by atoms with Crippen LogP contribution in [0, 0.1) is 0 Å². The number of phosphoric ester groups is 1. The minimum atomic E-state index is -4.73. The molecule has 254 valence electrons. The monoisotopic (exact) mass is 637 g/mol. The van der Waals surface area contributed by atoms with Crippen molar-refractivity contribution in [2.75, 3.05) is 19.8 Å². The van der Waals surface area contributed by atoms with Crippen molar-refractivity contribution < 1.29 is 47.8 Å². The van der Waals surface area contributed by atoms with Crippen molar-refractivity contribution in [3.8, 4) is 0 Å². The topological polar surface area (TPSA) is 169 Å². The highest BCUT2D eigenvalue weighted by atomic mass is 31.2. The number of hydrogen-bond acceptors (Lipinski definition) is 8. The van der Waals surface area contributed by atoms with Gasteiger partial charge in [-0.05, 0) is 12.8 Å². The molecule has 3 atom stereocenters. The highest BCUT2D eigenvalue weighted by Crippen LogP contribution is 2.43. The van der Waals surface area contributed by atoms with Gasteiger partial charge in [-0.3, -0.25) is 18.6 Å². The van der Waals surface area contributed by atoms with Crippen LogP contribution in [0.2, 0.25) is 0 Å². The van der Waals surface area contributed by atoms with E-state index in [0.29, 0.717) is 12.8 Å². The van der Waals surface area contributed by atoms with E-state index in [1.165, 1.54) is 57.8 Å². The van der Waals surface area contributed by atoms with Gasteiger partial charge >= 0.3 is 19.8 Å². The zero-order valence-corrected chi connectivity index (χ0v) is 27.7. The molecule has 0 saturated carbocycles. The Kier molecular flexibility index (Phi) is 27.0. The standard InChI is InChI=1S/C31H60NO10P/c1-3-5-7-9-11-12-13-14-15-16-17-19-21-23-30(35)40-24-27(33)25-41-43(38,39)42-26-28(31(36)37)32-29(34)22-20-18-10-8-6-4-2/h27-28,33H,3-26H2,1-2H3,(H,32,34)(H,36,37)(H,38,39). The number of phosphoric acid groups is 1. The van der Waals surface area contributed by atoms with E-state index < -0.39 is 57.6 Å². The fraction of sp³-hybridized carbons (Fsp3) is 0.903. The Morgan fingerprint density at radius 1 is 0.651 bits per heavy atom. The lowest BCUT2D eigenvalue weighted by atomic mass is 10.0. The molecule has 0 aromatic rings. The first-order valence-corrected chi connectivity index (χ1v) is 18.1. The Labute approximate surface area is 259 Å². The van der Waals surface area contributed by atoms with Gasteiger partial charge in [-0.15, -0.1) is 0 Å². The molecule has 0 saturated heterocycles. The third-order valence-corrected chi connectivity index (χ3v) is 8.10. The number of rotatable bonds is 31. The smallest absolute Gasteiger partial charge is 0.472 e. The highest BCUT2D eigenvalue weighted by Gasteiger charge is 2.28. The number of carboxylic acid groups (broad SMARTS) is 1. The molecule has 0 aliphatic heterocycles. The summed E-state index contributed by atoms with van der Waals surface area (Å²) in [5.41, 5.74) is 0. The maximum absolute atomic E-state index is 12.1. The minimum Gasteiger partial charge on any atom is -0.480 e. The molecule has 11 nitrogen and oxygen atoms in total. The lowest BCUT2D eigenvalue weighted by Gasteiger charge is -2.18. The Balaban J connectivity index is 3.95. The van der Waals surface area contributed by atoms with Crippen LogP contribution in [0.4, 0.5) is 0 Å². The number of hydrogen-bond donors (Lipinski definition) is 4. The first-order valence-electron chi connectivity index (χ1n) is 16.6. The molecule has 0 bridgehead atoms. The van der Waals surface area contributed by atoms with Crippen LogP contribution < -0.4 is 5.32 Å². The summed E-state index contributed by atoms with van der Waals surface area (Å²) in [5.74, 6) is -2.38. The van der Waals surface area contributed by atoms with Gasteiger partial charge < -0.3 is 25.2 Å². The molecule has 0 aliphatic carbocycles. The number of nitrogens with one attached hydrogen (secondary N) is 1. The van der Waals surface area contributed by atoms with E-state index in [1.807, 2.05) is 0 Å². The first-order chi connectivity index (χ1) is 20.6. The molecule has 0 aromatic carbocycles. The van der Waals surface area contributed by atoms with Gasteiger partial charge in [0, 0.05) is 12.8 Å². The Morgan fingerprint density at radius 3 is 1.53 bits per heavy atom. The summed E-state index contributed by atoms with van der Waals surface area (Å²) in [6.07, 6.45) is 20.4. The van der Waals surface area contributed by atoms with Crippen molar-refractivity contribution in [2.45, 2.75) is 161 Å². The number of aliphatic hydroxyl groups excluding tert-OH is 1. The van der Waals surface area contributed by atoms with Gasteiger partial charge in [-0.1, -0.05) is 123 Å². The van der Waals surface area contributed by atoms with Gasteiger partial charge in [0.05, 0.1) is 13.2 Å². The predicted octanol–water partition coefficient (Wildman–Crippen LogP) is 6.83. The average Bonchev–Trinajstić information content (AvgIpc) is 2.97. The molecule has 0 aliphatic rings. The van der Waals surface area contributed by atoms with Gasteiger partial charge in [0.2, 0.25) is 5.91 Å². The summed E-state index contributed by atoms with van der Waals surface area (Å²) in [7, 11) is -4.73. The fourth-order valence-corrected chi connectivity index (χ4v) is 5.26. The third-order valence-electron chi connectivity index (χ3n) is 7.15. The molecule has 3 unspecified atom stereocenters. The first kappa shape index (κ1) is 41.5. The Hall–Kier alpha value is -1.52. The van der Waals surface area contributed by atoms with Gasteiger partial charge in [-0.2, -0.15) is 0 Å². The molecule has 0 spiro atoms. The average molecular weight is 638 g/mol. The van der Waals surface area contributed by atoms with Crippen LogP contribution in [0.5, 0.6) is 0 Å². The van der Waals surface area contributed by atoms with Crippen molar-refractivity contribution in [3.63, 3.8) is 0 Å². The van der Waals surface area contributed by atoms with Gasteiger partial charge in [0.15, 0.2) is 6.04 Å². The van der Waals surface area contributed by atoms with E-state index in [4.69, 9.17) is 13.8 Å². The van der Waals surface area contributed by atoms with E-state index in [2.05, 4.69) is 19.2 Å². The molecule has 0 aromatic heterocycles. The van der Waals surface area contributed by atoms with E-state index in [9.17, 15) is 34.1 Å². The largest absolute Gasteiger partial charge is 0.480 e. The molecule has 43 heavy (non-hydrogen) atoms. The second kappa shape index (κ2) is 28.0. The summed E-state index contributed by atoms with van der Waals surface area (Å²) in [4.78, 5) is 45.2. The third kappa shape index (κ3) is 27.7. The van der Waals surface area contributed by atoms with Crippen molar-refractivity contribution in [3.05, 3.63) is 0 Å². The molecule has 0 fully saturated rings. The van der Waals surface area contributed by atoms with Crippen LogP contribution in [0.25, 0.3) is 0 Å². The number of esters is 1. The van der Waals surface area contributed by atoms with E-state index >= 15 is 0 Å². The quantitative estimate of drug-likeness (QED) is 0.0359. The minimum absolute atomic E-state index is 0.146. The molecule has 4 N–H and O–H groups in total. The molecular formula is C31H60NO10P. The number of carbonyl (C=O) groups is 3. The summed E-state index contributed by atoms with van der Waals surface area (Å²) in [6, 6.07) is -1.53. The number of carbonyl (C=O) groups excluding carboxylic acids is 2. The normalized spacial score (nSPS) is 14.1. The SMILES string of the molecule is CCCCCCCCCCCCCCCC(=O)OCC(O)COP(=O)(O)OCC(NC(=O)CCCCCCCC)C(=O)O. The van der Waals surface area contributed by atoms with Crippen LogP contribution in [-0.4, -0.2) is 64.9 Å². The maximum Gasteiger partial charge on any atom is 0.472 e. The van der Waals surface area contributed by atoms with Crippen molar-refractivity contribution >= 4 is 25.7 Å². The molecule has 12 heteroatoms.